The zero-order chi connectivity index (χ0) is 25.9. The molecule has 3 aromatic rings. The lowest BCUT2D eigenvalue weighted by atomic mass is 9.80. The first-order valence-electron chi connectivity index (χ1n) is 12.7. The van der Waals surface area contributed by atoms with Crippen LogP contribution in [0.3, 0.4) is 0 Å². The van der Waals surface area contributed by atoms with Crippen molar-refractivity contribution < 1.29 is 18.3 Å². The number of amides is 1. The van der Waals surface area contributed by atoms with Crippen molar-refractivity contribution >= 4 is 17.5 Å². The fourth-order valence-corrected chi connectivity index (χ4v) is 6.59. The molecule has 0 bridgehead atoms. The Morgan fingerprint density at radius 3 is 2.65 bits per heavy atom. The molecule has 1 aliphatic carbocycles. The minimum Gasteiger partial charge on any atom is -0.480 e. The predicted octanol–water partition coefficient (Wildman–Crippen LogP) is 5.17. The van der Waals surface area contributed by atoms with Crippen molar-refractivity contribution in [3.05, 3.63) is 86.9 Å². The second kappa shape index (κ2) is 9.08. The first-order valence-corrected chi connectivity index (χ1v) is 13.1. The van der Waals surface area contributed by atoms with E-state index in [9.17, 15) is 4.79 Å². The molecule has 37 heavy (non-hydrogen) atoms. The van der Waals surface area contributed by atoms with Crippen LogP contribution < -0.4 is 21.1 Å². The van der Waals surface area contributed by atoms with E-state index in [4.69, 9.17) is 22.1 Å². The summed E-state index contributed by atoms with van der Waals surface area (Å²) in [4.78, 5) is 13.0. The van der Waals surface area contributed by atoms with Crippen LogP contribution >= 0.6 is 11.6 Å². The molecular weight excluding hydrogens is 496 g/mol. The first kappa shape index (κ1) is 24.3. The summed E-state index contributed by atoms with van der Waals surface area (Å²) >= 11 is 6.61. The Kier molecular flexibility index (Phi) is 5.97. The van der Waals surface area contributed by atoms with Gasteiger partial charge in [-0.15, -0.1) is 0 Å². The molecule has 192 valence electrons. The second-order valence-electron chi connectivity index (χ2n) is 10.1. The number of benzene rings is 3. The van der Waals surface area contributed by atoms with E-state index in [1.54, 1.807) is 6.07 Å². The van der Waals surface area contributed by atoms with Crippen LogP contribution in [0.15, 0.2) is 42.5 Å². The molecule has 6 rings (SSSR count). The number of ether oxygens (including phenoxy) is 1. The van der Waals surface area contributed by atoms with Crippen LogP contribution in [0.25, 0.3) is 11.1 Å². The Labute approximate surface area is 219 Å². The lowest BCUT2D eigenvalue weighted by Gasteiger charge is -2.35. The van der Waals surface area contributed by atoms with Gasteiger partial charge >= 0.3 is 0 Å². The van der Waals surface area contributed by atoms with Gasteiger partial charge in [0.2, 0.25) is 0 Å². The number of hydrogen-bond donors (Lipinski definition) is 3. The summed E-state index contributed by atoms with van der Waals surface area (Å²) in [5.74, 6) is -1.47. The van der Waals surface area contributed by atoms with E-state index >= 15 is 8.78 Å². The van der Waals surface area contributed by atoms with Crippen molar-refractivity contribution in [1.29, 1.82) is 0 Å². The van der Waals surface area contributed by atoms with E-state index in [0.717, 1.165) is 24.9 Å². The lowest BCUT2D eigenvalue weighted by molar-refractivity contribution is 0.0539. The van der Waals surface area contributed by atoms with E-state index in [0.29, 0.717) is 41.7 Å². The second-order valence-corrected chi connectivity index (χ2v) is 10.5. The maximum atomic E-state index is 16.3. The summed E-state index contributed by atoms with van der Waals surface area (Å²) in [6, 6.07) is 12.3. The summed E-state index contributed by atoms with van der Waals surface area (Å²) in [7, 11) is 1.48. The quantitative estimate of drug-likeness (QED) is 0.441. The molecule has 0 spiro atoms. The summed E-state index contributed by atoms with van der Waals surface area (Å²) in [6.45, 7) is 0.849. The highest BCUT2D eigenvalue weighted by atomic mass is 35.5. The van der Waals surface area contributed by atoms with Gasteiger partial charge in [-0.1, -0.05) is 41.9 Å². The SMILES string of the molecule is CNC(=O)c1cc2c(c(F)c1-c1c(Cl)c(F)cc3c1C[C@](c1ccccc1)([C@@H]1CCCN1)O3)CC[C@H]2N. The Balaban J connectivity index is 1.61. The number of fused-ring (bicyclic) bond motifs is 2. The molecule has 0 saturated carbocycles. The monoisotopic (exact) mass is 523 g/mol. The van der Waals surface area contributed by atoms with Crippen LogP contribution in [-0.2, 0) is 18.4 Å². The smallest absolute Gasteiger partial charge is 0.251 e. The molecule has 1 amide bonds. The van der Waals surface area contributed by atoms with Crippen LogP contribution in [-0.4, -0.2) is 25.5 Å². The Hall–Kier alpha value is -3.00. The van der Waals surface area contributed by atoms with Gasteiger partial charge < -0.3 is 21.1 Å². The van der Waals surface area contributed by atoms with Gasteiger partial charge in [-0.3, -0.25) is 4.79 Å². The standard InChI is InChI=1S/C29H28ClF2N3O2/c1-34-28(36)18-12-17-16(9-10-21(17)33)27(32)25(18)24-19-14-29(23-8-5-11-35-23,15-6-3-2-4-7-15)37-22(19)13-20(31)26(24)30/h2-4,6-7,12-13,21,23,35H,5,8-11,14,33H2,1H3,(H,34,36)/t21-,23+,29+/m1/s1. The van der Waals surface area contributed by atoms with Crippen molar-refractivity contribution in [2.45, 2.75) is 49.8 Å². The summed E-state index contributed by atoms with van der Waals surface area (Å²) in [6.07, 6.45) is 3.23. The van der Waals surface area contributed by atoms with Crippen molar-refractivity contribution in [1.82, 2.24) is 10.6 Å². The van der Waals surface area contributed by atoms with Gasteiger partial charge in [0.1, 0.15) is 17.4 Å². The number of hydrogen-bond acceptors (Lipinski definition) is 4. The fourth-order valence-electron chi connectivity index (χ4n) is 6.33. The highest BCUT2D eigenvalue weighted by Crippen LogP contribution is 2.53. The highest BCUT2D eigenvalue weighted by Gasteiger charge is 2.50. The molecule has 2 aliphatic heterocycles. The number of carbonyl (C=O) groups is 1. The molecule has 1 fully saturated rings. The Bertz CT molecular complexity index is 1410. The summed E-state index contributed by atoms with van der Waals surface area (Å²) < 4.78 is 38.3. The van der Waals surface area contributed by atoms with Crippen molar-refractivity contribution in [2.24, 2.45) is 5.73 Å². The molecule has 4 N–H and O–H groups in total. The van der Waals surface area contributed by atoms with Crippen molar-refractivity contribution in [2.75, 3.05) is 13.6 Å². The topological polar surface area (TPSA) is 76.4 Å². The maximum Gasteiger partial charge on any atom is 0.251 e. The predicted molar refractivity (Wildman–Crippen MR) is 139 cm³/mol. The third-order valence-corrected chi connectivity index (χ3v) is 8.50. The molecule has 8 heteroatoms. The molecule has 3 aliphatic rings. The third-order valence-electron chi connectivity index (χ3n) is 8.13. The van der Waals surface area contributed by atoms with Crippen LogP contribution in [0, 0.1) is 11.6 Å². The van der Waals surface area contributed by atoms with Crippen molar-refractivity contribution in [3.63, 3.8) is 0 Å². The normalized spacial score (nSPS) is 24.0. The zero-order valence-corrected chi connectivity index (χ0v) is 21.2. The van der Waals surface area contributed by atoms with Crippen LogP contribution in [0.5, 0.6) is 5.75 Å². The molecular formula is C29H28ClF2N3O2. The molecule has 0 aromatic heterocycles. The molecule has 5 nitrogen and oxygen atoms in total. The number of nitrogens with one attached hydrogen (secondary N) is 2. The third kappa shape index (κ3) is 3.67. The molecule has 2 heterocycles. The zero-order valence-electron chi connectivity index (χ0n) is 20.5. The number of rotatable bonds is 4. The highest BCUT2D eigenvalue weighted by molar-refractivity contribution is 6.34. The molecule has 0 radical (unpaired) electrons. The van der Waals surface area contributed by atoms with Gasteiger partial charge in [0.15, 0.2) is 5.60 Å². The average Bonchev–Trinajstić information content (AvgIpc) is 3.65. The summed E-state index contributed by atoms with van der Waals surface area (Å²) in [5.41, 5.74) is 8.25. The van der Waals surface area contributed by atoms with E-state index in [1.165, 1.54) is 13.1 Å². The summed E-state index contributed by atoms with van der Waals surface area (Å²) in [5, 5.41) is 5.91. The van der Waals surface area contributed by atoms with Gasteiger partial charge in [0.25, 0.3) is 5.91 Å². The van der Waals surface area contributed by atoms with Crippen LogP contribution in [0.2, 0.25) is 5.02 Å². The molecule has 1 saturated heterocycles. The molecule has 3 atom stereocenters. The number of nitrogens with two attached hydrogens (primary N) is 1. The molecule has 3 aromatic carbocycles. The van der Waals surface area contributed by atoms with Crippen LogP contribution in [0.1, 0.15) is 57.9 Å². The first-order chi connectivity index (χ1) is 17.9. The van der Waals surface area contributed by atoms with Gasteiger partial charge in [0, 0.05) is 42.3 Å². The van der Waals surface area contributed by atoms with Crippen LogP contribution in [0.4, 0.5) is 8.78 Å². The minimum atomic E-state index is -0.825. The van der Waals surface area contributed by atoms with E-state index in [1.807, 2.05) is 30.3 Å². The van der Waals surface area contributed by atoms with Crippen molar-refractivity contribution in [3.8, 4) is 16.9 Å². The van der Waals surface area contributed by atoms with Gasteiger partial charge in [-0.25, -0.2) is 8.78 Å². The average molecular weight is 524 g/mol. The van der Waals surface area contributed by atoms with E-state index in [-0.39, 0.29) is 33.8 Å². The Morgan fingerprint density at radius 2 is 1.95 bits per heavy atom. The van der Waals surface area contributed by atoms with E-state index in [2.05, 4.69) is 10.6 Å². The lowest BCUT2D eigenvalue weighted by Crippen LogP contribution is -2.48. The number of carbonyl (C=O) groups excluding carboxylic acids is 1. The van der Waals surface area contributed by atoms with Gasteiger partial charge in [-0.2, -0.15) is 0 Å². The Morgan fingerprint density at radius 1 is 1.16 bits per heavy atom. The van der Waals surface area contributed by atoms with E-state index < -0.39 is 23.1 Å². The minimum absolute atomic E-state index is 0.000192. The fraction of sp³-hybridized carbons (Fsp3) is 0.345. The maximum absolute atomic E-state index is 16.3. The van der Waals surface area contributed by atoms with Gasteiger partial charge in [0.05, 0.1) is 16.6 Å². The molecule has 0 unspecified atom stereocenters. The number of halogens is 3. The van der Waals surface area contributed by atoms with Gasteiger partial charge in [-0.05, 0) is 55.0 Å². The largest absolute Gasteiger partial charge is 0.480 e.